The Labute approximate surface area is 139 Å². The van der Waals surface area contributed by atoms with E-state index in [1.165, 1.54) is 12.5 Å². The Morgan fingerprint density at radius 1 is 0.696 bits per heavy atom. The van der Waals surface area contributed by atoms with Crippen molar-refractivity contribution in [3.63, 3.8) is 0 Å². The molecule has 0 aliphatic heterocycles. The fraction of sp³-hybridized carbons (Fsp3) is 0.750. The lowest BCUT2D eigenvalue weighted by atomic mass is 10.5. The van der Waals surface area contributed by atoms with E-state index in [4.69, 9.17) is 33.2 Å². The number of hydrogen-bond donors (Lipinski definition) is 0. The zero-order chi connectivity index (χ0) is 17.5. The van der Waals surface area contributed by atoms with Crippen molar-refractivity contribution in [3.05, 3.63) is 24.4 Å². The summed E-state index contributed by atoms with van der Waals surface area (Å²) in [6.45, 7) is 9.21. The standard InChI is InChI=1S/C16H30O7/c1-13(2)22-15(20-9-7-17-5)11-19-12-16(23-14(3)4)21-10-8-18-6/h11-14H,7-10H2,1-6H3. The Hall–Kier alpha value is -1.60. The van der Waals surface area contributed by atoms with Gasteiger partial charge >= 0.3 is 11.9 Å². The molecule has 136 valence electrons. The highest BCUT2D eigenvalue weighted by Gasteiger charge is 2.06. The minimum atomic E-state index is -0.0410. The molecule has 7 heteroatoms. The third-order valence-corrected chi connectivity index (χ3v) is 2.10. The molecule has 0 aliphatic carbocycles. The van der Waals surface area contributed by atoms with Crippen LogP contribution in [0.1, 0.15) is 27.7 Å². The molecule has 0 atom stereocenters. The van der Waals surface area contributed by atoms with Crippen LogP contribution in [0.3, 0.4) is 0 Å². The maximum atomic E-state index is 5.49. The van der Waals surface area contributed by atoms with Crippen molar-refractivity contribution < 1.29 is 33.2 Å². The predicted octanol–water partition coefficient (Wildman–Crippen LogP) is 2.78. The van der Waals surface area contributed by atoms with E-state index in [0.29, 0.717) is 26.4 Å². The van der Waals surface area contributed by atoms with Gasteiger partial charge in [-0.3, -0.25) is 0 Å². The lowest BCUT2D eigenvalue weighted by Crippen LogP contribution is -2.10. The van der Waals surface area contributed by atoms with E-state index in [1.54, 1.807) is 14.2 Å². The van der Waals surface area contributed by atoms with Crippen LogP contribution in [0.25, 0.3) is 0 Å². The van der Waals surface area contributed by atoms with Gasteiger partial charge in [0, 0.05) is 14.2 Å². The summed E-state index contributed by atoms with van der Waals surface area (Å²) in [6, 6.07) is 0. The van der Waals surface area contributed by atoms with E-state index in [1.807, 2.05) is 27.7 Å². The minimum absolute atomic E-state index is 0.0410. The first kappa shape index (κ1) is 21.4. The molecular weight excluding hydrogens is 304 g/mol. The summed E-state index contributed by atoms with van der Waals surface area (Å²) in [5, 5.41) is 0. The summed E-state index contributed by atoms with van der Waals surface area (Å²) in [4.78, 5) is 0. The van der Waals surface area contributed by atoms with E-state index >= 15 is 0 Å². The molecule has 0 fully saturated rings. The van der Waals surface area contributed by atoms with Crippen LogP contribution in [0.5, 0.6) is 0 Å². The van der Waals surface area contributed by atoms with E-state index in [0.717, 1.165) is 0 Å². The van der Waals surface area contributed by atoms with Crippen molar-refractivity contribution in [1.29, 1.82) is 0 Å². The zero-order valence-electron chi connectivity index (χ0n) is 15.0. The molecule has 0 spiro atoms. The van der Waals surface area contributed by atoms with Crippen LogP contribution in [-0.4, -0.2) is 52.9 Å². The predicted molar refractivity (Wildman–Crippen MR) is 85.3 cm³/mol. The van der Waals surface area contributed by atoms with Gasteiger partial charge in [0.1, 0.15) is 13.2 Å². The van der Waals surface area contributed by atoms with Crippen molar-refractivity contribution in [2.75, 3.05) is 40.6 Å². The van der Waals surface area contributed by atoms with E-state index in [2.05, 4.69) is 0 Å². The average molecular weight is 334 g/mol. The summed E-state index contributed by atoms with van der Waals surface area (Å²) in [6.07, 6.45) is 2.61. The number of hydrogen-bond acceptors (Lipinski definition) is 7. The molecule has 0 bridgehead atoms. The van der Waals surface area contributed by atoms with Crippen molar-refractivity contribution in [2.24, 2.45) is 0 Å². The quantitative estimate of drug-likeness (QED) is 0.357. The van der Waals surface area contributed by atoms with E-state index in [-0.39, 0.29) is 24.1 Å². The molecule has 0 rings (SSSR count). The third kappa shape index (κ3) is 13.8. The first-order valence-corrected chi connectivity index (χ1v) is 7.62. The van der Waals surface area contributed by atoms with Crippen LogP contribution in [0, 0.1) is 0 Å². The molecule has 0 radical (unpaired) electrons. The van der Waals surface area contributed by atoms with Crippen molar-refractivity contribution in [1.82, 2.24) is 0 Å². The highest BCUT2D eigenvalue weighted by molar-refractivity contribution is 4.83. The average Bonchev–Trinajstić information content (AvgIpc) is 2.46. The molecule has 0 amide bonds. The first-order valence-electron chi connectivity index (χ1n) is 7.62. The van der Waals surface area contributed by atoms with Crippen LogP contribution < -0.4 is 0 Å². The molecule has 0 N–H and O–H groups in total. The number of ether oxygens (including phenoxy) is 7. The van der Waals surface area contributed by atoms with Crippen molar-refractivity contribution in [2.45, 2.75) is 39.9 Å². The molecule has 0 saturated carbocycles. The third-order valence-electron chi connectivity index (χ3n) is 2.10. The van der Waals surface area contributed by atoms with E-state index < -0.39 is 0 Å². The Morgan fingerprint density at radius 2 is 1.09 bits per heavy atom. The van der Waals surface area contributed by atoms with Crippen molar-refractivity contribution in [3.8, 4) is 0 Å². The van der Waals surface area contributed by atoms with Gasteiger partial charge in [-0.15, -0.1) is 0 Å². The SMILES string of the molecule is COCCOC(=COC=C(OCCOC)OC(C)C)OC(C)C. The minimum Gasteiger partial charge on any atom is -0.461 e. The Bertz CT molecular complexity index is 305. The normalized spacial score (nSPS) is 12.5. The van der Waals surface area contributed by atoms with Gasteiger partial charge in [0.15, 0.2) is 12.5 Å². The smallest absolute Gasteiger partial charge is 0.316 e. The van der Waals surface area contributed by atoms with Gasteiger partial charge in [0.05, 0.1) is 25.4 Å². The molecule has 0 saturated heterocycles. The summed E-state index contributed by atoms with van der Waals surface area (Å²) in [7, 11) is 3.20. The van der Waals surface area contributed by atoms with Crippen LogP contribution >= 0.6 is 0 Å². The first-order chi connectivity index (χ1) is 11.0. The van der Waals surface area contributed by atoms with E-state index in [9.17, 15) is 0 Å². The molecule has 0 aromatic heterocycles. The molecule has 0 unspecified atom stereocenters. The highest BCUT2D eigenvalue weighted by Crippen LogP contribution is 2.08. The van der Waals surface area contributed by atoms with Crippen molar-refractivity contribution >= 4 is 0 Å². The molecule has 7 nitrogen and oxygen atoms in total. The summed E-state index contributed by atoms with van der Waals surface area (Å²) in [5.74, 6) is 0.517. The van der Waals surface area contributed by atoms with Gasteiger partial charge < -0.3 is 33.2 Å². The van der Waals surface area contributed by atoms with Gasteiger partial charge in [-0.1, -0.05) is 0 Å². The number of rotatable bonds is 14. The molecular formula is C16H30O7. The highest BCUT2D eigenvalue weighted by atomic mass is 16.7. The fourth-order valence-corrected chi connectivity index (χ4v) is 1.25. The lowest BCUT2D eigenvalue weighted by Gasteiger charge is -2.15. The van der Waals surface area contributed by atoms with Gasteiger partial charge in [0.25, 0.3) is 0 Å². The van der Waals surface area contributed by atoms with Gasteiger partial charge in [0.2, 0.25) is 0 Å². The second-order valence-electron chi connectivity index (χ2n) is 5.03. The second kappa shape index (κ2) is 14.0. The summed E-state index contributed by atoms with van der Waals surface area (Å²) in [5.41, 5.74) is 0. The van der Waals surface area contributed by atoms with Gasteiger partial charge in [-0.2, -0.15) is 0 Å². The number of methoxy groups -OCH3 is 2. The van der Waals surface area contributed by atoms with Crippen LogP contribution in [0.2, 0.25) is 0 Å². The Morgan fingerprint density at radius 3 is 1.39 bits per heavy atom. The molecule has 0 aromatic rings. The van der Waals surface area contributed by atoms with Crippen LogP contribution in [0.15, 0.2) is 24.4 Å². The monoisotopic (exact) mass is 334 g/mol. The second-order valence-corrected chi connectivity index (χ2v) is 5.03. The molecule has 0 heterocycles. The molecule has 23 heavy (non-hydrogen) atoms. The topological polar surface area (TPSA) is 64.6 Å². The van der Waals surface area contributed by atoms with Gasteiger partial charge in [-0.25, -0.2) is 0 Å². The maximum absolute atomic E-state index is 5.49. The van der Waals surface area contributed by atoms with Gasteiger partial charge in [-0.05, 0) is 27.7 Å². The maximum Gasteiger partial charge on any atom is 0.316 e. The zero-order valence-corrected chi connectivity index (χ0v) is 15.0. The summed E-state index contributed by atoms with van der Waals surface area (Å²) >= 11 is 0. The fourth-order valence-electron chi connectivity index (χ4n) is 1.25. The Kier molecular flexibility index (Phi) is 13.0. The van der Waals surface area contributed by atoms with Crippen LogP contribution in [-0.2, 0) is 33.2 Å². The summed E-state index contributed by atoms with van der Waals surface area (Å²) < 4.78 is 37.0. The molecule has 0 aromatic carbocycles. The van der Waals surface area contributed by atoms with Crippen LogP contribution in [0.4, 0.5) is 0 Å². The Balaban J connectivity index is 4.60. The lowest BCUT2D eigenvalue weighted by molar-refractivity contribution is -0.0237. The molecule has 0 aliphatic rings. The largest absolute Gasteiger partial charge is 0.461 e.